The summed E-state index contributed by atoms with van der Waals surface area (Å²) in [4.78, 5) is 11.4. The number of rotatable bonds is 4. The van der Waals surface area contributed by atoms with Gasteiger partial charge in [0, 0.05) is 13.1 Å². The molecule has 1 fully saturated rings. The third-order valence-electron chi connectivity index (χ3n) is 4.17. The van der Waals surface area contributed by atoms with Crippen LogP contribution in [0.1, 0.15) is 18.1 Å². The minimum Gasteiger partial charge on any atom is -0.496 e. The van der Waals surface area contributed by atoms with Crippen molar-refractivity contribution in [2.24, 2.45) is 11.8 Å². The number of carbonyl (C=O) groups is 1. The zero-order valence-corrected chi connectivity index (χ0v) is 14.0. The number of sulfonamides is 1. The van der Waals surface area contributed by atoms with E-state index in [1.165, 1.54) is 4.31 Å². The van der Waals surface area contributed by atoms with Gasteiger partial charge in [0.2, 0.25) is 10.0 Å². The largest absolute Gasteiger partial charge is 0.496 e. The van der Waals surface area contributed by atoms with Crippen LogP contribution >= 0.6 is 0 Å². The van der Waals surface area contributed by atoms with E-state index < -0.39 is 21.9 Å². The van der Waals surface area contributed by atoms with Crippen molar-refractivity contribution in [3.05, 3.63) is 23.3 Å². The molecule has 1 aliphatic heterocycles. The molecule has 0 amide bonds. The van der Waals surface area contributed by atoms with Crippen molar-refractivity contribution in [2.45, 2.75) is 25.7 Å². The number of ether oxygens (including phenoxy) is 1. The maximum Gasteiger partial charge on any atom is 0.308 e. The van der Waals surface area contributed by atoms with Gasteiger partial charge in [0.1, 0.15) is 5.75 Å². The number of nitrogens with zero attached hydrogens (tertiary/aromatic N) is 1. The van der Waals surface area contributed by atoms with Gasteiger partial charge in [-0.1, -0.05) is 6.92 Å². The Balaban J connectivity index is 2.38. The molecule has 6 nitrogen and oxygen atoms in total. The fourth-order valence-corrected chi connectivity index (χ4v) is 4.71. The molecule has 1 aromatic carbocycles. The molecule has 1 aliphatic rings. The van der Waals surface area contributed by atoms with E-state index in [2.05, 4.69) is 0 Å². The SMILES string of the molecule is COc1c(C)cc(S(=O)(=O)N2C[C@@H](C)[C@H](C(=O)O)C2)cc1C. The number of aliphatic carboxylic acids is 1. The Morgan fingerprint density at radius 2 is 1.82 bits per heavy atom. The molecule has 1 heterocycles. The Kier molecular flexibility index (Phi) is 4.49. The Bertz CT molecular complexity index is 675. The minimum absolute atomic E-state index is 0.0168. The predicted octanol–water partition coefficient (Wildman–Crippen LogP) is 1.65. The molecule has 1 saturated heterocycles. The summed E-state index contributed by atoms with van der Waals surface area (Å²) >= 11 is 0. The molecule has 1 aromatic rings. The Hall–Kier alpha value is -1.60. The van der Waals surface area contributed by atoms with Crippen LogP contribution in [0.2, 0.25) is 0 Å². The first-order chi connectivity index (χ1) is 10.2. The lowest BCUT2D eigenvalue weighted by atomic mass is 9.99. The summed E-state index contributed by atoms with van der Waals surface area (Å²) in [7, 11) is -2.15. The molecule has 2 rings (SSSR count). The quantitative estimate of drug-likeness (QED) is 0.909. The zero-order valence-electron chi connectivity index (χ0n) is 13.2. The van der Waals surface area contributed by atoms with Crippen LogP contribution in [0.5, 0.6) is 5.75 Å². The van der Waals surface area contributed by atoms with Crippen molar-refractivity contribution in [1.29, 1.82) is 0 Å². The van der Waals surface area contributed by atoms with Gasteiger partial charge < -0.3 is 9.84 Å². The van der Waals surface area contributed by atoms with Crippen LogP contribution in [0.3, 0.4) is 0 Å². The summed E-state index contributed by atoms with van der Waals surface area (Å²) in [5.41, 5.74) is 1.48. The van der Waals surface area contributed by atoms with Gasteiger partial charge in [0.15, 0.2) is 0 Å². The van der Waals surface area contributed by atoms with Crippen molar-refractivity contribution in [1.82, 2.24) is 4.31 Å². The van der Waals surface area contributed by atoms with E-state index in [1.807, 2.05) is 0 Å². The molecule has 0 unspecified atom stereocenters. The standard InChI is InChI=1S/C15H21NO5S/c1-9-5-12(6-10(2)14(9)21-4)22(19,20)16-7-11(3)13(8-16)15(17)18/h5-6,11,13H,7-8H2,1-4H3,(H,17,18)/t11-,13-/m1/s1. The van der Waals surface area contributed by atoms with Crippen LogP contribution in [-0.4, -0.2) is 44.0 Å². The normalized spacial score (nSPS) is 22.7. The summed E-state index contributed by atoms with van der Waals surface area (Å²) in [6.45, 7) is 5.58. The highest BCUT2D eigenvalue weighted by Gasteiger charge is 2.40. The molecule has 0 aromatic heterocycles. The van der Waals surface area contributed by atoms with Gasteiger partial charge in [-0.25, -0.2) is 8.42 Å². The molecule has 2 atom stereocenters. The van der Waals surface area contributed by atoms with E-state index in [0.717, 1.165) is 11.1 Å². The summed E-state index contributed by atoms with van der Waals surface area (Å²) < 4.78 is 32.0. The first-order valence-electron chi connectivity index (χ1n) is 7.06. The molecule has 22 heavy (non-hydrogen) atoms. The predicted molar refractivity (Wildman–Crippen MR) is 81.5 cm³/mol. The maximum atomic E-state index is 12.7. The van der Waals surface area contributed by atoms with Gasteiger partial charge in [-0.05, 0) is 43.0 Å². The van der Waals surface area contributed by atoms with Gasteiger partial charge in [-0.2, -0.15) is 4.31 Å². The number of benzene rings is 1. The van der Waals surface area contributed by atoms with E-state index in [-0.39, 0.29) is 23.9 Å². The van der Waals surface area contributed by atoms with E-state index in [0.29, 0.717) is 5.75 Å². The highest BCUT2D eigenvalue weighted by Crippen LogP contribution is 2.32. The molecule has 0 saturated carbocycles. The average Bonchev–Trinajstić information content (AvgIpc) is 2.81. The average molecular weight is 327 g/mol. The van der Waals surface area contributed by atoms with Crippen LogP contribution in [0, 0.1) is 25.7 Å². The van der Waals surface area contributed by atoms with Crippen molar-refractivity contribution in [3.8, 4) is 5.75 Å². The minimum atomic E-state index is -3.69. The lowest BCUT2D eigenvalue weighted by Crippen LogP contribution is -2.30. The molecule has 0 radical (unpaired) electrons. The third kappa shape index (κ3) is 2.83. The second-order valence-corrected chi connectivity index (χ2v) is 7.77. The van der Waals surface area contributed by atoms with Gasteiger partial charge in [0.25, 0.3) is 0 Å². The monoisotopic (exact) mass is 327 g/mol. The summed E-state index contributed by atoms with van der Waals surface area (Å²) in [5, 5.41) is 9.16. The van der Waals surface area contributed by atoms with Gasteiger partial charge in [0.05, 0.1) is 17.9 Å². The first kappa shape index (κ1) is 16.8. The molecular formula is C15H21NO5S. The number of methoxy groups -OCH3 is 1. The zero-order chi connectivity index (χ0) is 16.7. The van der Waals surface area contributed by atoms with Gasteiger partial charge in [-0.3, -0.25) is 4.79 Å². The maximum absolute atomic E-state index is 12.7. The molecule has 122 valence electrons. The highest BCUT2D eigenvalue weighted by molar-refractivity contribution is 7.89. The number of hydrogen-bond acceptors (Lipinski definition) is 4. The van der Waals surface area contributed by atoms with Crippen LogP contribution in [0.25, 0.3) is 0 Å². The first-order valence-corrected chi connectivity index (χ1v) is 8.50. The molecule has 0 bridgehead atoms. The van der Waals surface area contributed by atoms with Crippen molar-refractivity contribution >= 4 is 16.0 Å². The van der Waals surface area contributed by atoms with E-state index >= 15 is 0 Å². The Labute approximate surface area is 130 Å². The van der Waals surface area contributed by atoms with Crippen LogP contribution in [0.15, 0.2) is 17.0 Å². The van der Waals surface area contributed by atoms with Gasteiger partial charge in [-0.15, -0.1) is 0 Å². The lowest BCUT2D eigenvalue weighted by Gasteiger charge is -2.18. The summed E-state index contributed by atoms with van der Waals surface area (Å²) in [6.07, 6.45) is 0. The van der Waals surface area contributed by atoms with E-state index in [4.69, 9.17) is 9.84 Å². The van der Waals surface area contributed by atoms with Crippen LogP contribution < -0.4 is 4.74 Å². The molecular weight excluding hydrogens is 306 g/mol. The van der Waals surface area contributed by atoms with E-state index in [9.17, 15) is 13.2 Å². The number of carboxylic acids is 1. The van der Waals surface area contributed by atoms with Crippen molar-refractivity contribution in [3.63, 3.8) is 0 Å². The smallest absolute Gasteiger partial charge is 0.308 e. The third-order valence-corrected chi connectivity index (χ3v) is 5.98. The van der Waals surface area contributed by atoms with Crippen LogP contribution in [-0.2, 0) is 14.8 Å². The van der Waals surface area contributed by atoms with Crippen molar-refractivity contribution < 1.29 is 23.1 Å². The highest BCUT2D eigenvalue weighted by atomic mass is 32.2. The lowest BCUT2D eigenvalue weighted by molar-refractivity contribution is -0.142. The fourth-order valence-electron chi connectivity index (χ4n) is 2.97. The summed E-state index contributed by atoms with van der Waals surface area (Å²) in [5.74, 6) is -1.15. The van der Waals surface area contributed by atoms with Crippen LogP contribution in [0.4, 0.5) is 0 Å². The number of hydrogen-bond donors (Lipinski definition) is 1. The number of carboxylic acid groups (broad SMARTS) is 1. The molecule has 1 N–H and O–H groups in total. The second kappa shape index (κ2) is 5.89. The number of aryl methyl sites for hydroxylation is 2. The molecule has 0 spiro atoms. The van der Waals surface area contributed by atoms with Gasteiger partial charge >= 0.3 is 5.97 Å². The Morgan fingerprint density at radius 1 is 1.27 bits per heavy atom. The Morgan fingerprint density at radius 3 is 2.23 bits per heavy atom. The molecule has 0 aliphatic carbocycles. The topological polar surface area (TPSA) is 83.9 Å². The molecule has 7 heteroatoms. The fraction of sp³-hybridized carbons (Fsp3) is 0.533. The van der Waals surface area contributed by atoms with Crippen molar-refractivity contribution in [2.75, 3.05) is 20.2 Å². The second-order valence-electron chi connectivity index (χ2n) is 5.83. The summed E-state index contributed by atoms with van der Waals surface area (Å²) in [6, 6.07) is 3.14. The van der Waals surface area contributed by atoms with E-state index in [1.54, 1.807) is 40.0 Å².